The molecule has 0 aromatic rings. The van der Waals surface area contributed by atoms with Gasteiger partial charge >= 0.3 is 0 Å². The van der Waals surface area contributed by atoms with E-state index in [2.05, 4.69) is 5.92 Å². The number of likely N-dealkylation sites (tertiary alicyclic amines) is 1. The minimum Gasteiger partial charge on any atom is -0.369 e. The molecule has 82 valence electrons. The van der Waals surface area contributed by atoms with Gasteiger partial charge in [0.1, 0.15) is 4.99 Å². The molecule has 0 aromatic heterocycles. The summed E-state index contributed by atoms with van der Waals surface area (Å²) in [5.41, 5.74) is 5.14. The van der Waals surface area contributed by atoms with Crippen molar-refractivity contribution in [2.45, 2.75) is 12.8 Å². The smallest absolute Gasteiger partial charge is 0.228 e. The molecule has 1 heterocycles. The standard InChI is InChI=1S/C9H12N2O3S/c1-2-4-11-5-3-7(9(10)12)6-8(11)15(13)14/h1,7H,3-6H2,(H2,10,12). The van der Waals surface area contributed by atoms with Crippen LogP contribution in [0.15, 0.2) is 0 Å². The van der Waals surface area contributed by atoms with E-state index in [1.807, 2.05) is 0 Å². The second-order valence-electron chi connectivity index (χ2n) is 3.35. The van der Waals surface area contributed by atoms with Crippen molar-refractivity contribution in [3.63, 3.8) is 0 Å². The van der Waals surface area contributed by atoms with Gasteiger partial charge in [-0.1, -0.05) is 5.92 Å². The van der Waals surface area contributed by atoms with E-state index in [-0.39, 0.29) is 18.0 Å². The van der Waals surface area contributed by atoms with Crippen LogP contribution in [0.3, 0.4) is 0 Å². The molecule has 0 radical (unpaired) electrons. The van der Waals surface area contributed by atoms with Gasteiger partial charge in [0.15, 0.2) is 0 Å². The molecule has 1 amide bonds. The number of rotatable bonds is 2. The highest BCUT2D eigenvalue weighted by Crippen LogP contribution is 2.17. The van der Waals surface area contributed by atoms with Gasteiger partial charge in [-0.05, 0) is 6.42 Å². The maximum Gasteiger partial charge on any atom is 0.228 e. The van der Waals surface area contributed by atoms with Crippen LogP contribution in [0.1, 0.15) is 12.8 Å². The molecule has 0 saturated carbocycles. The van der Waals surface area contributed by atoms with Gasteiger partial charge in [-0.25, -0.2) is 0 Å². The number of nitrogens with zero attached hydrogens (tertiary/aromatic N) is 1. The van der Waals surface area contributed by atoms with Crippen molar-refractivity contribution in [3.05, 3.63) is 0 Å². The van der Waals surface area contributed by atoms with Gasteiger partial charge in [0.2, 0.25) is 16.2 Å². The predicted octanol–water partition coefficient (Wildman–Crippen LogP) is -1.17. The Bertz CT molecular complexity index is 425. The quantitative estimate of drug-likeness (QED) is 0.477. The molecule has 1 fully saturated rings. The fraction of sp³-hybridized carbons (Fsp3) is 0.556. The van der Waals surface area contributed by atoms with Crippen molar-refractivity contribution >= 4 is 21.2 Å². The monoisotopic (exact) mass is 228 g/mol. The van der Waals surface area contributed by atoms with Gasteiger partial charge in [0, 0.05) is 18.9 Å². The van der Waals surface area contributed by atoms with Gasteiger partial charge in [-0.15, -0.1) is 6.42 Å². The van der Waals surface area contributed by atoms with E-state index in [0.717, 1.165) is 0 Å². The van der Waals surface area contributed by atoms with Gasteiger partial charge < -0.3 is 5.73 Å². The molecule has 1 aliphatic rings. The lowest BCUT2D eigenvalue weighted by atomic mass is 9.96. The highest BCUT2D eigenvalue weighted by molar-refractivity contribution is 7.72. The summed E-state index contributed by atoms with van der Waals surface area (Å²) < 4.78 is 21.8. The molecule has 1 saturated heterocycles. The first kappa shape index (κ1) is 11.8. The number of piperidine rings is 1. The number of terminal acetylenes is 1. The topological polar surface area (TPSA) is 80.5 Å². The maximum absolute atomic E-state index is 10.9. The Morgan fingerprint density at radius 1 is 1.67 bits per heavy atom. The van der Waals surface area contributed by atoms with Crippen LogP contribution < -0.4 is 5.73 Å². The van der Waals surface area contributed by atoms with Crippen LogP contribution in [0.5, 0.6) is 0 Å². The molecule has 0 aliphatic carbocycles. The molecule has 0 aromatic carbocycles. The molecular weight excluding hydrogens is 216 g/mol. The summed E-state index contributed by atoms with van der Waals surface area (Å²) in [6, 6.07) is 0. The van der Waals surface area contributed by atoms with E-state index >= 15 is 0 Å². The predicted molar refractivity (Wildman–Crippen MR) is 56.3 cm³/mol. The molecule has 5 nitrogen and oxygen atoms in total. The molecular formula is C9H12N2O3S. The molecule has 1 aliphatic heterocycles. The van der Waals surface area contributed by atoms with Crippen molar-refractivity contribution in [3.8, 4) is 12.3 Å². The molecule has 0 bridgehead atoms. The van der Waals surface area contributed by atoms with Crippen molar-refractivity contribution in [2.24, 2.45) is 11.7 Å². The lowest BCUT2D eigenvalue weighted by Crippen LogP contribution is -2.43. The third-order valence-corrected chi connectivity index (χ3v) is 3.21. The third kappa shape index (κ3) is 2.81. The van der Waals surface area contributed by atoms with Gasteiger partial charge in [0.05, 0.1) is 6.54 Å². The zero-order valence-corrected chi connectivity index (χ0v) is 8.96. The van der Waals surface area contributed by atoms with Crippen molar-refractivity contribution < 1.29 is 13.2 Å². The molecule has 6 heteroatoms. The summed E-state index contributed by atoms with van der Waals surface area (Å²) in [6.07, 6.45) is 5.83. The second-order valence-corrected chi connectivity index (χ2v) is 4.29. The number of amides is 1. The van der Waals surface area contributed by atoms with E-state index in [4.69, 9.17) is 12.2 Å². The summed E-state index contributed by atoms with van der Waals surface area (Å²) in [5.74, 6) is 1.53. The van der Waals surface area contributed by atoms with Crippen LogP contribution in [0.4, 0.5) is 0 Å². The van der Waals surface area contributed by atoms with Crippen molar-refractivity contribution in [2.75, 3.05) is 13.1 Å². The lowest BCUT2D eigenvalue weighted by Gasteiger charge is -2.28. The Balaban J connectivity index is 2.90. The van der Waals surface area contributed by atoms with Crippen LogP contribution in [-0.4, -0.2) is 37.3 Å². The Hall–Kier alpha value is -1.32. The Labute approximate surface area is 89.8 Å². The van der Waals surface area contributed by atoms with Crippen LogP contribution in [0.2, 0.25) is 0 Å². The molecule has 0 spiro atoms. The molecule has 1 atom stereocenters. The van der Waals surface area contributed by atoms with Crippen LogP contribution in [-0.2, 0) is 15.1 Å². The summed E-state index contributed by atoms with van der Waals surface area (Å²) in [7, 11) is -2.33. The number of hydrogen-bond donors (Lipinski definition) is 1. The Kier molecular flexibility index (Phi) is 3.88. The largest absolute Gasteiger partial charge is 0.369 e. The maximum atomic E-state index is 10.9. The minimum atomic E-state index is -2.33. The second kappa shape index (κ2) is 4.96. The summed E-state index contributed by atoms with van der Waals surface area (Å²) in [4.78, 5) is 12.7. The molecule has 1 unspecified atom stereocenters. The SMILES string of the molecule is C#CCN1CCC(C(N)=O)CC1=S(=O)=O. The number of hydrogen-bond acceptors (Lipinski definition) is 3. The van der Waals surface area contributed by atoms with Crippen LogP contribution >= 0.6 is 0 Å². The number of carbonyl (C=O) groups is 1. The Morgan fingerprint density at radius 2 is 2.33 bits per heavy atom. The zero-order chi connectivity index (χ0) is 11.4. The average Bonchev–Trinajstić information content (AvgIpc) is 2.18. The lowest BCUT2D eigenvalue weighted by molar-refractivity contribution is -0.122. The van der Waals surface area contributed by atoms with E-state index in [0.29, 0.717) is 13.0 Å². The summed E-state index contributed by atoms with van der Waals surface area (Å²) >= 11 is 0. The molecule has 1 rings (SSSR count). The number of carbonyl (C=O) groups excluding carboxylic acids is 1. The van der Waals surface area contributed by atoms with E-state index < -0.39 is 22.1 Å². The van der Waals surface area contributed by atoms with E-state index in [1.54, 1.807) is 4.90 Å². The highest BCUT2D eigenvalue weighted by Gasteiger charge is 2.28. The third-order valence-electron chi connectivity index (χ3n) is 2.40. The normalized spacial score (nSPS) is 22.1. The highest BCUT2D eigenvalue weighted by atomic mass is 32.2. The first-order chi connectivity index (χ1) is 7.06. The van der Waals surface area contributed by atoms with Crippen LogP contribution in [0.25, 0.3) is 0 Å². The Morgan fingerprint density at radius 3 is 2.80 bits per heavy atom. The van der Waals surface area contributed by atoms with E-state index in [1.165, 1.54) is 0 Å². The zero-order valence-electron chi connectivity index (χ0n) is 8.14. The fourth-order valence-corrected chi connectivity index (χ4v) is 2.28. The fourth-order valence-electron chi connectivity index (χ4n) is 1.57. The van der Waals surface area contributed by atoms with Gasteiger partial charge in [-0.3, -0.25) is 9.69 Å². The number of nitrogens with two attached hydrogens (primary N) is 1. The van der Waals surface area contributed by atoms with Crippen LogP contribution in [0, 0.1) is 18.3 Å². The summed E-state index contributed by atoms with van der Waals surface area (Å²) in [5, 5.41) is 0. The molecule has 15 heavy (non-hydrogen) atoms. The van der Waals surface area contributed by atoms with Crippen molar-refractivity contribution in [1.29, 1.82) is 0 Å². The summed E-state index contributed by atoms with van der Waals surface area (Å²) in [6.45, 7) is 0.704. The van der Waals surface area contributed by atoms with Gasteiger partial charge in [-0.2, -0.15) is 8.42 Å². The average molecular weight is 228 g/mol. The number of primary amides is 1. The van der Waals surface area contributed by atoms with Gasteiger partial charge in [0.25, 0.3) is 0 Å². The van der Waals surface area contributed by atoms with E-state index in [9.17, 15) is 13.2 Å². The van der Waals surface area contributed by atoms with Crippen molar-refractivity contribution in [1.82, 2.24) is 4.90 Å². The first-order valence-corrected chi connectivity index (χ1v) is 5.56. The minimum absolute atomic E-state index is 0.160. The molecule has 2 N–H and O–H groups in total. The first-order valence-electron chi connectivity index (χ1n) is 4.49.